The van der Waals surface area contributed by atoms with Crippen LogP contribution in [0.2, 0.25) is 0 Å². The van der Waals surface area contributed by atoms with Crippen LogP contribution in [-0.2, 0) is 16.1 Å². The summed E-state index contributed by atoms with van der Waals surface area (Å²) in [5.74, 6) is -0.920. The number of thioether (sulfide) groups is 1. The quantitative estimate of drug-likeness (QED) is 0.219. The van der Waals surface area contributed by atoms with E-state index < -0.39 is 22.3 Å². The first kappa shape index (κ1) is 22.7. The predicted octanol–water partition coefficient (Wildman–Crippen LogP) is 1.71. The van der Waals surface area contributed by atoms with Crippen molar-refractivity contribution < 1.29 is 14.5 Å². The van der Waals surface area contributed by atoms with Crippen molar-refractivity contribution in [3.63, 3.8) is 0 Å². The Morgan fingerprint density at radius 2 is 1.88 bits per heavy atom. The summed E-state index contributed by atoms with van der Waals surface area (Å²) in [5.41, 5.74) is 5.24. The zero-order chi connectivity index (χ0) is 24.2. The molecule has 0 fully saturated rings. The Bertz CT molecular complexity index is 1480. The molecule has 0 unspecified atom stereocenters. The van der Waals surface area contributed by atoms with Crippen LogP contribution in [0.25, 0.3) is 16.7 Å². The number of carbonyl (C=O) groups excluding carboxylic acids is 2. The molecule has 4 aromatic rings. The summed E-state index contributed by atoms with van der Waals surface area (Å²) in [7, 11) is 0. The number of amides is 2. The molecule has 2 heterocycles. The van der Waals surface area contributed by atoms with Gasteiger partial charge >= 0.3 is 0 Å². The zero-order valence-electron chi connectivity index (χ0n) is 17.5. The number of carbonyl (C=O) groups is 2. The molecule has 13 heteroatoms. The number of anilines is 1. The minimum Gasteiger partial charge on any atom is -0.369 e. The molecule has 0 radical (unpaired) electrons. The van der Waals surface area contributed by atoms with Gasteiger partial charge in [0.2, 0.25) is 11.8 Å². The second-order valence-corrected chi connectivity index (χ2v) is 8.03. The summed E-state index contributed by atoms with van der Waals surface area (Å²) < 4.78 is 2.33. The zero-order valence-corrected chi connectivity index (χ0v) is 18.3. The van der Waals surface area contributed by atoms with E-state index in [2.05, 4.69) is 15.4 Å². The maximum Gasteiger partial charge on any atom is 0.294 e. The highest BCUT2D eigenvalue weighted by Crippen LogP contribution is 2.27. The number of nitro benzene ring substituents is 1. The molecule has 0 atom stereocenters. The van der Waals surface area contributed by atoms with Gasteiger partial charge in [-0.25, -0.2) is 9.67 Å². The first-order valence-electron chi connectivity index (χ1n) is 9.82. The Labute approximate surface area is 195 Å². The van der Waals surface area contributed by atoms with Gasteiger partial charge < -0.3 is 11.1 Å². The van der Waals surface area contributed by atoms with Crippen molar-refractivity contribution in [3.05, 3.63) is 81.5 Å². The van der Waals surface area contributed by atoms with Gasteiger partial charge in [-0.1, -0.05) is 24.3 Å². The van der Waals surface area contributed by atoms with Gasteiger partial charge in [-0.2, -0.15) is 5.10 Å². The van der Waals surface area contributed by atoms with E-state index in [1.165, 1.54) is 47.2 Å². The van der Waals surface area contributed by atoms with Gasteiger partial charge in [0.05, 0.1) is 22.6 Å². The number of primary amides is 1. The number of rotatable bonds is 8. The van der Waals surface area contributed by atoms with Crippen molar-refractivity contribution in [2.75, 3.05) is 11.1 Å². The number of fused-ring (bicyclic) bond motifs is 1. The first-order valence-corrected chi connectivity index (χ1v) is 10.8. The van der Waals surface area contributed by atoms with Crippen molar-refractivity contribution >= 4 is 46.0 Å². The molecule has 0 saturated heterocycles. The molecule has 172 valence electrons. The molecule has 34 heavy (non-hydrogen) atoms. The van der Waals surface area contributed by atoms with Gasteiger partial charge in [0.1, 0.15) is 23.9 Å². The number of nitrogens with two attached hydrogens (primary N) is 1. The van der Waals surface area contributed by atoms with Crippen LogP contribution in [0, 0.1) is 10.1 Å². The molecular weight excluding hydrogens is 462 g/mol. The third kappa shape index (κ3) is 4.63. The second kappa shape index (κ2) is 9.54. The van der Waals surface area contributed by atoms with Crippen LogP contribution in [0.4, 0.5) is 11.4 Å². The molecule has 0 saturated carbocycles. The average molecular weight is 479 g/mol. The summed E-state index contributed by atoms with van der Waals surface area (Å²) in [6.07, 6.45) is 2.44. The number of para-hydroxylation sites is 3. The van der Waals surface area contributed by atoms with Crippen LogP contribution < -0.4 is 16.6 Å². The molecule has 2 amide bonds. The Morgan fingerprint density at radius 3 is 2.65 bits per heavy atom. The smallest absolute Gasteiger partial charge is 0.294 e. The lowest BCUT2D eigenvalue weighted by atomic mass is 10.2. The SMILES string of the molecule is NC(=O)CSc1ccccc1NC(=O)Cn1cnc2c(cnn2-c2ccccc2[N+](=O)[O-])c1=O. The number of hydrogen-bond donors (Lipinski definition) is 2. The Morgan fingerprint density at radius 1 is 1.15 bits per heavy atom. The minimum absolute atomic E-state index is 0.0521. The van der Waals surface area contributed by atoms with Crippen LogP contribution >= 0.6 is 11.8 Å². The topological polar surface area (TPSA) is 168 Å². The van der Waals surface area contributed by atoms with Crippen LogP contribution in [0.1, 0.15) is 0 Å². The van der Waals surface area contributed by atoms with Crippen molar-refractivity contribution in [2.45, 2.75) is 11.4 Å². The van der Waals surface area contributed by atoms with E-state index in [-0.39, 0.29) is 34.7 Å². The van der Waals surface area contributed by atoms with Crippen molar-refractivity contribution in [1.29, 1.82) is 0 Å². The van der Waals surface area contributed by atoms with E-state index in [4.69, 9.17) is 5.73 Å². The summed E-state index contributed by atoms with van der Waals surface area (Å²) in [6.45, 7) is -0.326. The molecule has 0 spiro atoms. The fraction of sp³-hybridized carbons (Fsp3) is 0.0952. The number of hydrogen-bond acceptors (Lipinski definition) is 8. The van der Waals surface area contributed by atoms with E-state index in [9.17, 15) is 24.5 Å². The maximum absolute atomic E-state index is 12.9. The number of nitrogens with zero attached hydrogens (tertiary/aromatic N) is 5. The lowest BCUT2D eigenvalue weighted by Gasteiger charge is -2.11. The van der Waals surface area contributed by atoms with Gasteiger partial charge in [0.25, 0.3) is 11.2 Å². The van der Waals surface area contributed by atoms with E-state index in [0.717, 1.165) is 4.57 Å². The molecule has 2 aromatic heterocycles. The first-order chi connectivity index (χ1) is 16.3. The van der Waals surface area contributed by atoms with Crippen LogP contribution in [0.5, 0.6) is 0 Å². The van der Waals surface area contributed by atoms with Crippen LogP contribution in [-0.4, -0.2) is 41.8 Å². The Kier molecular flexibility index (Phi) is 6.36. The number of nitro groups is 1. The Balaban J connectivity index is 1.59. The highest BCUT2D eigenvalue weighted by Gasteiger charge is 2.19. The Hall–Kier alpha value is -4.52. The highest BCUT2D eigenvalue weighted by atomic mass is 32.2. The maximum atomic E-state index is 12.9. The molecule has 0 bridgehead atoms. The summed E-state index contributed by atoms with van der Waals surface area (Å²) in [5, 5.41) is 18.3. The number of aromatic nitrogens is 4. The third-order valence-corrected chi connectivity index (χ3v) is 5.80. The normalized spacial score (nSPS) is 10.8. The molecule has 4 rings (SSSR count). The largest absolute Gasteiger partial charge is 0.369 e. The summed E-state index contributed by atoms with van der Waals surface area (Å²) >= 11 is 1.18. The van der Waals surface area contributed by atoms with Crippen molar-refractivity contribution in [3.8, 4) is 5.69 Å². The minimum atomic E-state index is -0.548. The number of nitrogens with one attached hydrogen (secondary N) is 1. The van der Waals surface area contributed by atoms with E-state index >= 15 is 0 Å². The van der Waals surface area contributed by atoms with E-state index in [1.807, 2.05) is 0 Å². The van der Waals surface area contributed by atoms with Crippen LogP contribution in [0.3, 0.4) is 0 Å². The predicted molar refractivity (Wildman–Crippen MR) is 125 cm³/mol. The fourth-order valence-electron chi connectivity index (χ4n) is 3.22. The number of benzene rings is 2. The highest BCUT2D eigenvalue weighted by molar-refractivity contribution is 8.00. The molecule has 0 aliphatic carbocycles. The molecular formula is C21H17N7O5S. The van der Waals surface area contributed by atoms with Crippen LogP contribution in [0.15, 0.2) is 70.7 Å². The van der Waals surface area contributed by atoms with Gasteiger partial charge in [-0.3, -0.25) is 29.1 Å². The third-order valence-electron chi connectivity index (χ3n) is 4.71. The van der Waals surface area contributed by atoms with Gasteiger partial charge in [0, 0.05) is 11.0 Å². The summed E-state index contributed by atoms with van der Waals surface area (Å²) in [4.78, 5) is 52.3. The van der Waals surface area contributed by atoms with Gasteiger partial charge in [0.15, 0.2) is 5.65 Å². The van der Waals surface area contributed by atoms with E-state index in [1.54, 1.807) is 30.3 Å². The molecule has 3 N–H and O–H groups in total. The standard InChI is InChI=1S/C21H17N7O5S/c22-18(29)11-34-17-8-4-1-5-14(17)25-19(30)10-26-12-23-20-13(21(26)31)9-24-27(20)15-6-2-3-7-16(15)28(32)33/h1-9,12H,10-11H2,(H2,22,29)(H,25,30). The fourth-order valence-corrected chi connectivity index (χ4v) is 3.97. The van der Waals surface area contributed by atoms with E-state index in [0.29, 0.717) is 10.6 Å². The van der Waals surface area contributed by atoms with Gasteiger partial charge in [-0.05, 0) is 18.2 Å². The lowest BCUT2D eigenvalue weighted by molar-refractivity contribution is -0.384. The summed E-state index contributed by atoms with van der Waals surface area (Å²) in [6, 6.07) is 12.9. The average Bonchev–Trinajstić information content (AvgIpc) is 3.25. The van der Waals surface area contributed by atoms with Gasteiger partial charge in [-0.15, -0.1) is 11.8 Å². The second-order valence-electron chi connectivity index (χ2n) is 7.02. The molecule has 2 aromatic carbocycles. The monoisotopic (exact) mass is 479 g/mol. The molecule has 0 aliphatic heterocycles. The molecule has 0 aliphatic rings. The van der Waals surface area contributed by atoms with Crippen molar-refractivity contribution in [2.24, 2.45) is 5.73 Å². The molecule has 12 nitrogen and oxygen atoms in total. The van der Waals surface area contributed by atoms with Crippen molar-refractivity contribution in [1.82, 2.24) is 19.3 Å². The lowest BCUT2D eigenvalue weighted by Crippen LogP contribution is -2.28.